The summed E-state index contributed by atoms with van der Waals surface area (Å²) in [6.07, 6.45) is 1.73. The van der Waals surface area contributed by atoms with Crippen LogP contribution in [0.5, 0.6) is 0 Å². The lowest BCUT2D eigenvalue weighted by molar-refractivity contribution is -0.158. The molecule has 1 aliphatic carbocycles. The molecule has 8 nitrogen and oxygen atoms in total. The van der Waals surface area contributed by atoms with Crippen LogP contribution in [-0.2, 0) is 38.1 Å². The highest BCUT2D eigenvalue weighted by atomic mass is 32.2. The number of hydrogen-bond donors (Lipinski definition) is 0. The molecular weight excluding hydrogens is 352 g/mol. The topological polar surface area (TPSA) is 105 Å². The zero-order valence-corrected chi connectivity index (χ0v) is 15.2. The van der Waals surface area contributed by atoms with E-state index in [0.717, 1.165) is 18.9 Å². The van der Waals surface area contributed by atoms with Crippen molar-refractivity contribution in [2.45, 2.75) is 44.1 Å². The molecule has 1 heterocycles. The number of ether oxygens (including phenoxy) is 3. The van der Waals surface area contributed by atoms with Gasteiger partial charge in [-0.05, 0) is 19.3 Å². The van der Waals surface area contributed by atoms with Crippen LogP contribution in [0.15, 0.2) is 12.7 Å². The highest BCUT2D eigenvalue weighted by Gasteiger charge is 2.56. The van der Waals surface area contributed by atoms with Gasteiger partial charge in [-0.25, -0.2) is 9.59 Å². The van der Waals surface area contributed by atoms with Crippen molar-refractivity contribution < 1.29 is 36.4 Å². The second kappa shape index (κ2) is 8.29. The van der Waals surface area contributed by atoms with Gasteiger partial charge in [-0.15, -0.1) is 0 Å². The minimum absolute atomic E-state index is 0.0168. The van der Waals surface area contributed by atoms with Crippen LogP contribution in [0.3, 0.4) is 0 Å². The number of carbonyl (C=O) groups is 2. The molecule has 0 spiro atoms. The molecule has 0 radical (unpaired) electrons. The first-order valence-corrected chi connectivity index (χ1v) is 9.75. The molecule has 5 atom stereocenters. The van der Waals surface area contributed by atoms with Gasteiger partial charge in [-0.3, -0.25) is 4.18 Å². The van der Waals surface area contributed by atoms with Crippen LogP contribution in [-0.4, -0.2) is 57.6 Å². The first kappa shape index (κ1) is 19.9. The Hall–Kier alpha value is -1.45. The van der Waals surface area contributed by atoms with Crippen LogP contribution in [0.2, 0.25) is 0 Å². The maximum absolute atomic E-state index is 11.9. The molecule has 2 rings (SSSR count). The van der Waals surface area contributed by atoms with Crippen LogP contribution in [0.4, 0.5) is 0 Å². The number of carbonyl (C=O) groups excluding carboxylic acids is 2. The summed E-state index contributed by atoms with van der Waals surface area (Å²) >= 11 is 0. The van der Waals surface area contributed by atoms with Gasteiger partial charge in [0.25, 0.3) is 10.1 Å². The average molecular weight is 376 g/mol. The van der Waals surface area contributed by atoms with E-state index in [9.17, 15) is 18.0 Å². The van der Waals surface area contributed by atoms with E-state index in [1.165, 1.54) is 0 Å². The Morgan fingerprint density at radius 2 is 2.00 bits per heavy atom. The summed E-state index contributed by atoms with van der Waals surface area (Å²) in [4.78, 5) is 22.2. The van der Waals surface area contributed by atoms with Gasteiger partial charge in [0.15, 0.2) is 6.61 Å². The van der Waals surface area contributed by atoms with Crippen molar-refractivity contribution in [1.29, 1.82) is 0 Å². The predicted octanol–water partition coefficient (Wildman–Crippen LogP) is 0.807. The maximum atomic E-state index is 11.9. The Labute approximate surface area is 147 Å². The van der Waals surface area contributed by atoms with Gasteiger partial charge >= 0.3 is 11.9 Å². The van der Waals surface area contributed by atoms with E-state index < -0.39 is 40.0 Å². The van der Waals surface area contributed by atoms with E-state index in [0.29, 0.717) is 0 Å². The second-order valence-corrected chi connectivity index (χ2v) is 8.12. The molecule has 2 fully saturated rings. The lowest BCUT2D eigenvalue weighted by atomic mass is 10.00. The largest absolute Gasteiger partial charge is 0.461 e. The fraction of sp³-hybridized carbons (Fsp3) is 0.750. The maximum Gasteiger partial charge on any atom is 0.344 e. The molecule has 0 bridgehead atoms. The molecular formula is C16H24O8S. The van der Waals surface area contributed by atoms with E-state index in [4.69, 9.17) is 13.7 Å². The molecule has 0 aromatic carbocycles. The molecule has 1 saturated heterocycles. The summed E-state index contributed by atoms with van der Waals surface area (Å²) in [5.74, 6) is -1.26. The molecule has 9 heteroatoms. The SMILES string of the molecule is C=CC(=O)OCC(=O)OCCOC1C(CC)CC2C1OS(=O)(=O)C2C. The second-order valence-electron chi connectivity index (χ2n) is 6.19. The molecule has 142 valence electrons. The van der Waals surface area contributed by atoms with Crippen LogP contribution in [0, 0.1) is 11.8 Å². The van der Waals surface area contributed by atoms with Crippen molar-refractivity contribution in [3.63, 3.8) is 0 Å². The number of rotatable bonds is 8. The van der Waals surface area contributed by atoms with Crippen LogP contribution in [0.1, 0.15) is 26.7 Å². The molecule has 1 saturated carbocycles. The lowest BCUT2D eigenvalue weighted by Gasteiger charge is -2.22. The van der Waals surface area contributed by atoms with Gasteiger partial charge in [-0.1, -0.05) is 19.9 Å². The summed E-state index contributed by atoms with van der Waals surface area (Å²) in [6, 6.07) is 0. The highest BCUT2D eigenvalue weighted by molar-refractivity contribution is 7.87. The number of esters is 2. The Bertz CT molecular complexity index is 614. The zero-order chi connectivity index (χ0) is 18.6. The summed E-state index contributed by atoms with van der Waals surface area (Å²) in [5, 5.41) is -0.530. The van der Waals surface area contributed by atoms with Gasteiger partial charge in [-0.2, -0.15) is 8.42 Å². The number of hydrogen-bond acceptors (Lipinski definition) is 8. The molecule has 1 aliphatic heterocycles. The van der Waals surface area contributed by atoms with E-state index in [1.54, 1.807) is 6.92 Å². The summed E-state index contributed by atoms with van der Waals surface area (Å²) < 4.78 is 44.3. The molecule has 0 N–H and O–H groups in total. The minimum Gasteiger partial charge on any atom is -0.461 e. The first-order valence-electron chi connectivity index (χ1n) is 8.28. The van der Waals surface area contributed by atoms with Crippen LogP contribution < -0.4 is 0 Å². The van der Waals surface area contributed by atoms with Crippen molar-refractivity contribution in [2.75, 3.05) is 19.8 Å². The average Bonchev–Trinajstić information content (AvgIpc) is 3.02. The van der Waals surface area contributed by atoms with E-state index in [1.807, 2.05) is 6.92 Å². The lowest BCUT2D eigenvalue weighted by Crippen LogP contribution is -2.32. The molecule has 0 aromatic heterocycles. The Morgan fingerprint density at radius 1 is 1.28 bits per heavy atom. The third-order valence-corrected chi connectivity index (χ3v) is 6.52. The normalized spacial score (nSPS) is 32.8. The molecule has 2 aliphatic rings. The molecule has 0 aromatic rings. The fourth-order valence-electron chi connectivity index (χ4n) is 3.37. The quantitative estimate of drug-likeness (QED) is 0.265. The Morgan fingerprint density at radius 3 is 2.64 bits per heavy atom. The molecule has 25 heavy (non-hydrogen) atoms. The van der Waals surface area contributed by atoms with Gasteiger partial charge < -0.3 is 14.2 Å². The standard InChI is InChI=1S/C16H24O8S/c1-4-11-8-12-10(3)25(19,20)24-16(12)15(11)22-7-6-21-14(18)9-23-13(17)5-2/h5,10-12,15-16H,2,4,6-9H2,1,3H3. The fourth-order valence-corrected chi connectivity index (χ4v) is 4.80. The van der Waals surface area contributed by atoms with Crippen molar-refractivity contribution in [2.24, 2.45) is 11.8 Å². The molecule has 0 amide bonds. The van der Waals surface area contributed by atoms with Crippen molar-refractivity contribution >= 4 is 22.1 Å². The summed E-state index contributed by atoms with van der Waals surface area (Å²) in [6.45, 7) is 6.51. The third-order valence-electron chi connectivity index (χ3n) is 4.77. The first-order chi connectivity index (χ1) is 11.8. The summed E-state index contributed by atoms with van der Waals surface area (Å²) in [7, 11) is -3.53. The van der Waals surface area contributed by atoms with E-state index >= 15 is 0 Å². The van der Waals surface area contributed by atoms with Crippen molar-refractivity contribution in [1.82, 2.24) is 0 Å². The van der Waals surface area contributed by atoms with Crippen molar-refractivity contribution in [3.05, 3.63) is 12.7 Å². The molecule has 5 unspecified atom stereocenters. The van der Waals surface area contributed by atoms with Gasteiger partial charge in [0, 0.05) is 12.0 Å². The smallest absolute Gasteiger partial charge is 0.344 e. The van der Waals surface area contributed by atoms with E-state index in [2.05, 4.69) is 11.3 Å². The van der Waals surface area contributed by atoms with E-state index in [-0.39, 0.29) is 31.2 Å². The van der Waals surface area contributed by atoms with Crippen LogP contribution >= 0.6 is 0 Å². The van der Waals surface area contributed by atoms with Crippen LogP contribution in [0.25, 0.3) is 0 Å². The summed E-state index contributed by atoms with van der Waals surface area (Å²) in [5.41, 5.74) is 0. The van der Waals surface area contributed by atoms with Gasteiger partial charge in [0.2, 0.25) is 0 Å². The Kier molecular flexibility index (Phi) is 6.59. The minimum atomic E-state index is -3.53. The Balaban J connectivity index is 1.78. The third kappa shape index (κ3) is 4.59. The monoisotopic (exact) mass is 376 g/mol. The number of fused-ring (bicyclic) bond motifs is 1. The highest BCUT2D eigenvalue weighted by Crippen LogP contribution is 2.46. The zero-order valence-electron chi connectivity index (χ0n) is 14.4. The van der Waals surface area contributed by atoms with Crippen molar-refractivity contribution in [3.8, 4) is 0 Å². The van der Waals surface area contributed by atoms with Gasteiger partial charge in [0.05, 0.1) is 18.0 Å². The predicted molar refractivity (Wildman–Crippen MR) is 87.0 cm³/mol. The van der Waals surface area contributed by atoms with Gasteiger partial charge in [0.1, 0.15) is 12.7 Å².